The molecule has 6 heteroatoms. The SMILES string of the molecule is O=S(=O)(CCc1ccccc1)N1CCC2(CC1)OCCCO2. The van der Waals surface area contributed by atoms with Gasteiger partial charge in [-0.25, -0.2) is 12.7 Å². The van der Waals surface area contributed by atoms with Crippen LogP contribution < -0.4 is 0 Å². The van der Waals surface area contributed by atoms with Gasteiger partial charge in [0, 0.05) is 25.9 Å². The molecule has 0 aromatic heterocycles. The van der Waals surface area contributed by atoms with Crippen LogP contribution in [0.15, 0.2) is 30.3 Å². The summed E-state index contributed by atoms with van der Waals surface area (Å²) in [7, 11) is -3.21. The van der Waals surface area contributed by atoms with E-state index in [1.54, 1.807) is 4.31 Å². The van der Waals surface area contributed by atoms with E-state index in [9.17, 15) is 8.42 Å². The number of benzene rings is 1. The molecule has 2 heterocycles. The van der Waals surface area contributed by atoms with E-state index < -0.39 is 15.8 Å². The zero-order chi connectivity index (χ0) is 15.5. The summed E-state index contributed by atoms with van der Waals surface area (Å²) in [5, 5.41) is 0. The highest BCUT2D eigenvalue weighted by Crippen LogP contribution is 2.31. The van der Waals surface area contributed by atoms with Crippen molar-refractivity contribution < 1.29 is 17.9 Å². The van der Waals surface area contributed by atoms with Crippen molar-refractivity contribution in [3.8, 4) is 0 Å². The molecule has 1 aromatic rings. The van der Waals surface area contributed by atoms with Crippen molar-refractivity contribution in [1.29, 1.82) is 0 Å². The van der Waals surface area contributed by atoms with Gasteiger partial charge in [0.25, 0.3) is 0 Å². The van der Waals surface area contributed by atoms with Gasteiger partial charge >= 0.3 is 0 Å². The van der Waals surface area contributed by atoms with Crippen LogP contribution in [0, 0.1) is 0 Å². The number of hydrogen-bond donors (Lipinski definition) is 0. The van der Waals surface area contributed by atoms with Gasteiger partial charge in [-0.2, -0.15) is 0 Å². The molecule has 0 N–H and O–H groups in total. The first-order chi connectivity index (χ1) is 10.6. The van der Waals surface area contributed by atoms with Crippen LogP contribution in [0.25, 0.3) is 0 Å². The maximum Gasteiger partial charge on any atom is 0.214 e. The van der Waals surface area contributed by atoms with Gasteiger partial charge in [-0.05, 0) is 18.4 Å². The number of piperidine rings is 1. The summed E-state index contributed by atoms with van der Waals surface area (Å²) >= 11 is 0. The van der Waals surface area contributed by atoms with Crippen LogP contribution >= 0.6 is 0 Å². The van der Waals surface area contributed by atoms with Crippen molar-refractivity contribution in [2.24, 2.45) is 0 Å². The van der Waals surface area contributed by atoms with Crippen LogP contribution in [0.1, 0.15) is 24.8 Å². The quantitative estimate of drug-likeness (QED) is 0.847. The summed E-state index contributed by atoms with van der Waals surface area (Å²) in [6.07, 6.45) is 2.72. The molecular formula is C16H23NO4S. The fourth-order valence-electron chi connectivity index (χ4n) is 3.03. The number of sulfonamides is 1. The summed E-state index contributed by atoms with van der Waals surface area (Å²) in [6.45, 7) is 2.38. The highest BCUT2D eigenvalue weighted by atomic mass is 32.2. The zero-order valence-electron chi connectivity index (χ0n) is 12.7. The minimum atomic E-state index is -3.21. The minimum Gasteiger partial charge on any atom is -0.350 e. The van der Waals surface area contributed by atoms with Gasteiger partial charge < -0.3 is 9.47 Å². The molecule has 0 radical (unpaired) electrons. The Morgan fingerprint density at radius 2 is 1.68 bits per heavy atom. The minimum absolute atomic E-state index is 0.158. The summed E-state index contributed by atoms with van der Waals surface area (Å²) in [5.41, 5.74) is 1.05. The molecule has 0 saturated carbocycles. The number of aryl methyl sites for hydroxylation is 1. The summed E-state index contributed by atoms with van der Waals surface area (Å²) in [4.78, 5) is 0. The molecular weight excluding hydrogens is 302 g/mol. The molecule has 2 aliphatic heterocycles. The standard InChI is InChI=1S/C16H23NO4S/c18-22(19,14-7-15-5-2-1-3-6-15)17-10-8-16(9-11-17)20-12-4-13-21-16/h1-3,5-6H,4,7-14H2. The highest BCUT2D eigenvalue weighted by molar-refractivity contribution is 7.89. The van der Waals surface area contributed by atoms with Gasteiger partial charge in [0.1, 0.15) is 0 Å². The van der Waals surface area contributed by atoms with Crippen LogP contribution in [-0.4, -0.2) is 50.6 Å². The Labute approximate surface area is 132 Å². The van der Waals surface area contributed by atoms with Crippen molar-refractivity contribution >= 4 is 10.0 Å². The van der Waals surface area contributed by atoms with Crippen LogP contribution in [0.5, 0.6) is 0 Å². The second-order valence-corrected chi connectivity index (χ2v) is 8.00. The first-order valence-electron chi connectivity index (χ1n) is 7.89. The van der Waals surface area contributed by atoms with E-state index in [1.807, 2.05) is 30.3 Å². The zero-order valence-corrected chi connectivity index (χ0v) is 13.6. The molecule has 0 bridgehead atoms. The van der Waals surface area contributed by atoms with E-state index >= 15 is 0 Å². The van der Waals surface area contributed by atoms with Crippen molar-refractivity contribution in [1.82, 2.24) is 4.31 Å². The largest absolute Gasteiger partial charge is 0.350 e. The van der Waals surface area contributed by atoms with E-state index in [2.05, 4.69) is 0 Å². The van der Waals surface area contributed by atoms with Gasteiger partial charge in [0.05, 0.1) is 19.0 Å². The third-order valence-corrected chi connectivity index (χ3v) is 6.26. The molecule has 5 nitrogen and oxygen atoms in total. The molecule has 0 atom stereocenters. The Balaban J connectivity index is 1.55. The molecule has 0 unspecified atom stereocenters. The van der Waals surface area contributed by atoms with Crippen LogP contribution in [-0.2, 0) is 25.9 Å². The summed E-state index contributed by atoms with van der Waals surface area (Å²) in [6, 6.07) is 9.73. The summed E-state index contributed by atoms with van der Waals surface area (Å²) < 4.78 is 38.0. The normalized spacial score (nSPS) is 22.7. The fraction of sp³-hybridized carbons (Fsp3) is 0.625. The van der Waals surface area contributed by atoms with Crippen LogP contribution in [0.2, 0.25) is 0 Å². The average molecular weight is 325 g/mol. The molecule has 1 aromatic carbocycles. The molecule has 2 saturated heterocycles. The van der Waals surface area contributed by atoms with Gasteiger partial charge in [0.2, 0.25) is 10.0 Å². The second kappa shape index (κ2) is 6.66. The van der Waals surface area contributed by atoms with Gasteiger partial charge in [-0.1, -0.05) is 30.3 Å². The number of rotatable bonds is 4. The predicted molar refractivity (Wildman–Crippen MR) is 84.0 cm³/mol. The van der Waals surface area contributed by atoms with E-state index in [4.69, 9.17) is 9.47 Å². The maximum atomic E-state index is 12.5. The van der Waals surface area contributed by atoms with Gasteiger partial charge in [-0.15, -0.1) is 0 Å². The Kier molecular flexibility index (Phi) is 4.82. The van der Waals surface area contributed by atoms with Crippen LogP contribution in [0.3, 0.4) is 0 Å². The van der Waals surface area contributed by atoms with E-state index in [0.717, 1.165) is 12.0 Å². The smallest absolute Gasteiger partial charge is 0.214 e. The third kappa shape index (κ3) is 3.68. The van der Waals surface area contributed by atoms with E-state index in [-0.39, 0.29) is 5.75 Å². The summed E-state index contributed by atoms with van der Waals surface area (Å²) in [5.74, 6) is -0.380. The maximum absolute atomic E-state index is 12.5. The predicted octanol–water partition coefficient (Wildman–Crippen LogP) is 1.79. The topological polar surface area (TPSA) is 55.8 Å². The lowest BCUT2D eigenvalue weighted by Crippen LogP contribution is -2.51. The molecule has 3 rings (SSSR count). The van der Waals surface area contributed by atoms with Gasteiger partial charge in [0.15, 0.2) is 5.79 Å². The number of hydrogen-bond acceptors (Lipinski definition) is 4. The molecule has 2 fully saturated rings. The van der Waals surface area contributed by atoms with Crippen molar-refractivity contribution in [3.05, 3.63) is 35.9 Å². The lowest BCUT2D eigenvalue weighted by atomic mass is 10.0. The van der Waals surface area contributed by atoms with Gasteiger partial charge in [-0.3, -0.25) is 0 Å². The molecule has 0 aliphatic carbocycles. The molecule has 1 spiro atoms. The lowest BCUT2D eigenvalue weighted by molar-refractivity contribution is -0.280. The Morgan fingerprint density at radius 1 is 1.05 bits per heavy atom. The average Bonchev–Trinajstić information content (AvgIpc) is 2.55. The first-order valence-corrected chi connectivity index (χ1v) is 9.50. The monoisotopic (exact) mass is 325 g/mol. The Morgan fingerprint density at radius 3 is 2.32 bits per heavy atom. The number of nitrogens with zero attached hydrogens (tertiary/aromatic N) is 1. The van der Waals surface area contributed by atoms with E-state index in [0.29, 0.717) is 45.6 Å². The molecule has 22 heavy (non-hydrogen) atoms. The van der Waals surface area contributed by atoms with Crippen LogP contribution in [0.4, 0.5) is 0 Å². The third-order valence-electron chi connectivity index (χ3n) is 4.39. The molecule has 0 amide bonds. The highest BCUT2D eigenvalue weighted by Gasteiger charge is 2.40. The number of ether oxygens (including phenoxy) is 2. The Bertz CT molecular complexity index is 571. The first kappa shape index (κ1) is 15.9. The van der Waals surface area contributed by atoms with Crippen molar-refractivity contribution in [3.63, 3.8) is 0 Å². The lowest BCUT2D eigenvalue weighted by Gasteiger charge is -2.42. The van der Waals surface area contributed by atoms with Crippen molar-refractivity contribution in [2.45, 2.75) is 31.5 Å². The fourth-order valence-corrected chi connectivity index (χ4v) is 4.52. The van der Waals surface area contributed by atoms with E-state index in [1.165, 1.54) is 0 Å². The molecule has 122 valence electrons. The molecule has 2 aliphatic rings. The van der Waals surface area contributed by atoms with Crippen molar-refractivity contribution in [2.75, 3.05) is 32.1 Å². The second-order valence-electron chi connectivity index (χ2n) is 5.91. The Hall–Kier alpha value is -0.950.